The van der Waals surface area contributed by atoms with Crippen molar-refractivity contribution in [2.45, 2.75) is 0 Å². The molecule has 4 rings (SSSR count). The zero-order valence-electron chi connectivity index (χ0n) is 16.7. The summed E-state index contributed by atoms with van der Waals surface area (Å²) in [5, 5.41) is 3.87. The van der Waals surface area contributed by atoms with Gasteiger partial charge < -0.3 is 9.73 Å². The van der Waals surface area contributed by atoms with E-state index in [0.29, 0.717) is 43.9 Å². The minimum Gasteiger partial charge on any atom is -0.457 e. The summed E-state index contributed by atoms with van der Waals surface area (Å²) >= 11 is 12.3. The van der Waals surface area contributed by atoms with Gasteiger partial charge in [-0.2, -0.15) is 0 Å². The van der Waals surface area contributed by atoms with Gasteiger partial charge in [0.25, 0.3) is 5.91 Å². The van der Waals surface area contributed by atoms with Crippen molar-refractivity contribution in [3.05, 3.63) is 118 Å². The number of rotatable bonds is 6. The second kappa shape index (κ2) is 9.69. The lowest BCUT2D eigenvalue weighted by Gasteiger charge is -2.06. The van der Waals surface area contributed by atoms with Gasteiger partial charge in [-0.15, -0.1) is 0 Å². The maximum absolute atomic E-state index is 12.6. The van der Waals surface area contributed by atoms with Crippen LogP contribution in [0.4, 0.5) is 5.69 Å². The van der Waals surface area contributed by atoms with Gasteiger partial charge in [0.1, 0.15) is 11.5 Å². The van der Waals surface area contributed by atoms with E-state index in [4.69, 9.17) is 27.6 Å². The molecule has 32 heavy (non-hydrogen) atoms. The van der Waals surface area contributed by atoms with Crippen molar-refractivity contribution in [2.24, 2.45) is 0 Å². The third-order valence-electron chi connectivity index (χ3n) is 4.66. The molecule has 0 saturated heterocycles. The fourth-order valence-electron chi connectivity index (χ4n) is 3.07. The molecule has 0 atom stereocenters. The van der Waals surface area contributed by atoms with E-state index in [1.165, 1.54) is 6.08 Å². The van der Waals surface area contributed by atoms with Crippen molar-refractivity contribution >= 4 is 46.7 Å². The van der Waals surface area contributed by atoms with E-state index >= 15 is 0 Å². The second-order valence-electron chi connectivity index (χ2n) is 6.92. The van der Waals surface area contributed by atoms with Crippen LogP contribution in [0.3, 0.4) is 0 Å². The fraction of sp³-hybridized carbons (Fsp3) is 0. The Kier molecular flexibility index (Phi) is 6.55. The van der Waals surface area contributed by atoms with E-state index in [1.807, 2.05) is 6.07 Å². The van der Waals surface area contributed by atoms with Crippen LogP contribution >= 0.6 is 23.2 Å². The minimum absolute atomic E-state index is 0.223. The number of nitrogens with one attached hydrogen (secondary N) is 1. The van der Waals surface area contributed by atoms with Crippen molar-refractivity contribution in [1.29, 1.82) is 0 Å². The van der Waals surface area contributed by atoms with Gasteiger partial charge >= 0.3 is 0 Å². The van der Waals surface area contributed by atoms with Crippen molar-refractivity contribution < 1.29 is 14.0 Å². The molecule has 1 amide bonds. The molecule has 3 aromatic carbocycles. The van der Waals surface area contributed by atoms with E-state index in [-0.39, 0.29) is 11.7 Å². The standard InChI is InChI=1S/C26H17Cl2NO3/c27-19-9-12-23(28)22(16-19)25-14-11-21(32-25)10-13-24(30)18-7-4-8-20(15-18)29-26(31)17-5-2-1-3-6-17/h1-16H,(H,29,31). The Morgan fingerprint density at radius 1 is 0.812 bits per heavy atom. The molecule has 0 fully saturated rings. The zero-order valence-corrected chi connectivity index (χ0v) is 18.2. The Morgan fingerprint density at radius 3 is 2.41 bits per heavy atom. The number of anilines is 1. The largest absolute Gasteiger partial charge is 0.457 e. The molecule has 0 radical (unpaired) electrons. The summed E-state index contributed by atoms with van der Waals surface area (Å²) in [6, 6.07) is 24.3. The Labute approximate surface area is 195 Å². The van der Waals surface area contributed by atoms with Crippen LogP contribution in [0, 0.1) is 0 Å². The monoisotopic (exact) mass is 461 g/mol. The van der Waals surface area contributed by atoms with E-state index in [0.717, 1.165) is 0 Å². The average molecular weight is 462 g/mol. The molecule has 0 aliphatic heterocycles. The van der Waals surface area contributed by atoms with Crippen molar-refractivity contribution in [3.63, 3.8) is 0 Å². The quantitative estimate of drug-likeness (QED) is 0.240. The van der Waals surface area contributed by atoms with Crippen LogP contribution < -0.4 is 5.32 Å². The van der Waals surface area contributed by atoms with Crippen LogP contribution in [0.25, 0.3) is 17.4 Å². The van der Waals surface area contributed by atoms with Crippen LogP contribution in [-0.4, -0.2) is 11.7 Å². The molecule has 4 aromatic rings. The third-order valence-corrected chi connectivity index (χ3v) is 5.23. The first-order valence-corrected chi connectivity index (χ1v) is 10.5. The van der Waals surface area contributed by atoms with Crippen molar-refractivity contribution in [3.8, 4) is 11.3 Å². The number of allylic oxidation sites excluding steroid dienone is 1. The van der Waals surface area contributed by atoms with Gasteiger partial charge in [-0.3, -0.25) is 9.59 Å². The molecular formula is C26H17Cl2NO3. The lowest BCUT2D eigenvalue weighted by Crippen LogP contribution is -2.12. The number of hydrogen-bond acceptors (Lipinski definition) is 3. The smallest absolute Gasteiger partial charge is 0.255 e. The highest BCUT2D eigenvalue weighted by Crippen LogP contribution is 2.32. The average Bonchev–Trinajstić information content (AvgIpc) is 3.28. The highest BCUT2D eigenvalue weighted by atomic mass is 35.5. The van der Waals surface area contributed by atoms with Crippen LogP contribution in [-0.2, 0) is 0 Å². The van der Waals surface area contributed by atoms with Gasteiger partial charge in [0.15, 0.2) is 5.78 Å². The SMILES string of the molecule is O=C(C=Cc1ccc(-c2cc(Cl)ccc2Cl)o1)c1cccc(NC(=O)c2ccccc2)c1. The molecule has 0 spiro atoms. The second-order valence-corrected chi connectivity index (χ2v) is 7.77. The van der Waals surface area contributed by atoms with Crippen molar-refractivity contribution in [2.75, 3.05) is 5.32 Å². The number of carbonyl (C=O) groups excluding carboxylic acids is 2. The molecule has 0 unspecified atom stereocenters. The maximum atomic E-state index is 12.6. The van der Waals surface area contributed by atoms with E-state index in [9.17, 15) is 9.59 Å². The normalized spacial score (nSPS) is 10.9. The summed E-state index contributed by atoms with van der Waals surface area (Å²) in [4.78, 5) is 25.0. The summed E-state index contributed by atoms with van der Waals surface area (Å²) in [7, 11) is 0. The Morgan fingerprint density at radius 2 is 1.59 bits per heavy atom. The van der Waals surface area contributed by atoms with E-state index < -0.39 is 0 Å². The number of carbonyl (C=O) groups is 2. The van der Waals surface area contributed by atoms with Crippen LogP contribution in [0.2, 0.25) is 10.0 Å². The topological polar surface area (TPSA) is 59.3 Å². The predicted molar refractivity (Wildman–Crippen MR) is 128 cm³/mol. The number of benzene rings is 3. The molecule has 0 bridgehead atoms. The molecule has 1 N–H and O–H groups in total. The summed E-state index contributed by atoms with van der Waals surface area (Å²) in [6.07, 6.45) is 3.00. The Bertz CT molecular complexity index is 1310. The van der Waals surface area contributed by atoms with Gasteiger partial charge in [-0.25, -0.2) is 0 Å². The Balaban J connectivity index is 1.46. The molecule has 1 aromatic heterocycles. The van der Waals surface area contributed by atoms with Gasteiger partial charge in [-0.05, 0) is 66.7 Å². The first-order chi connectivity index (χ1) is 15.5. The van der Waals surface area contributed by atoms with Crippen molar-refractivity contribution in [1.82, 2.24) is 0 Å². The highest BCUT2D eigenvalue weighted by molar-refractivity contribution is 6.35. The molecule has 0 aliphatic carbocycles. The molecule has 158 valence electrons. The molecule has 4 nitrogen and oxygen atoms in total. The minimum atomic E-state index is -0.242. The first-order valence-electron chi connectivity index (χ1n) is 9.74. The number of ketones is 1. The van der Waals surface area contributed by atoms with Crippen LogP contribution in [0.15, 0.2) is 95.4 Å². The molecule has 6 heteroatoms. The fourth-order valence-corrected chi connectivity index (χ4v) is 3.45. The van der Waals surface area contributed by atoms with E-state index in [1.54, 1.807) is 84.9 Å². The van der Waals surface area contributed by atoms with Gasteiger partial charge in [0.2, 0.25) is 0 Å². The lowest BCUT2D eigenvalue weighted by molar-refractivity contribution is 0.102. The first kappa shape index (κ1) is 21.6. The number of hydrogen-bond donors (Lipinski definition) is 1. The van der Waals surface area contributed by atoms with Gasteiger partial charge in [-0.1, -0.05) is 53.5 Å². The van der Waals surface area contributed by atoms with Crippen LogP contribution in [0.1, 0.15) is 26.5 Å². The van der Waals surface area contributed by atoms with Gasteiger partial charge in [0, 0.05) is 27.4 Å². The predicted octanol–water partition coefficient (Wildman–Crippen LogP) is 7.40. The third kappa shape index (κ3) is 5.17. The van der Waals surface area contributed by atoms with Crippen LogP contribution in [0.5, 0.6) is 0 Å². The zero-order chi connectivity index (χ0) is 22.5. The van der Waals surface area contributed by atoms with E-state index in [2.05, 4.69) is 5.32 Å². The summed E-state index contributed by atoms with van der Waals surface area (Å²) in [5.74, 6) is 0.584. The maximum Gasteiger partial charge on any atom is 0.255 e. The molecule has 1 heterocycles. The highest BCUT2D eigenvalue weighted by Gasteiger charge is 2.10. The summed E-state index contributed by atoms with van der Waals surface area (Å²) in [5.41, 5.74) is 2.19. The number of halogens is 2. The summed E-state index contributed by atoms with van der Waals surface area (Å²) in [6.45, 7) is 0. The lowest BCUT2D eigenvalue weighted by atomic mass is 10.1. The number of furan rings is 1. The molecule has 0 aliphatic rings. The molecule has 0 saturated carbocycles. The number of amides is 1. The van der Waals surface area contributed by atoms with Gasteiger partial charge in [0.05, 0.1) is 5.02 Å². The molecular weight excluding hydrogens is 445 g/mol. The Hall–Kier alpha value is -3.60. The summed E-state index contributed by atoms with van der Waals surface area (Å²) < 4.78 is 5.78.